The quantitative estimate of drug-likeness (QED) is 0.749. The zero-order valence-electron chi connectivity index (χ0n) is 13.6. The predicted octanol–water partition coefficient (Wildman–Crippen LogP) is 2.46. The first kappa shape index (κ1) is 17.9. The van der Waals surface area contributed by atoms with Crippen LogP contribution in [0.5, 0.6) is 0 Å². The van der Waals surface area contributed by atoms with Gasteiger partial charge in [0.1, 0.15) is 0 Å². The van der Waals surface area contributed by atoms with E-state index >= 15 is 0 Å². The van der Waals surface area contributed by atoms with Crippen LogP contribution in [0.3, 0.4) is 0 Å². The van der Waals surface area contributed by atoms with E-state index in [9.17, 15) is 8.42 Å². The fourth-order valence-electron chi connectivity index (χ4n) is 2.78. The first-order valence-corrected chi connectivity index (χ1v) is 9.72. The second-order valence-electron chi connectivity index (χ2n) is 6.37. The van der Waals surface area contributed by atoms with Crippen LogP contribution in [0.4, 0.5) is 0 Å². The standard InChI is InChI=1S/C15H32N2O2S/c1-5-9-16-15-7-10-17(12-14(15)6-2)20(18,19)11-8-13(3)4/h13-16H,5-12H2,1-4H3. The number of nitrogens with zero attached hydrogens (tertiary/aromatic N) is 1. The fourth-order valence-corrected chi connectivity index (χ4v) is 4.61. The molecule has 2 unspecified atom stereocenters. The Bertz CT molecular complexity index is 368. The van der Waals surface area contributed by atoms with Crippen molar-refractivity contribution in [3.05, 3.63) is 0 Å². The molecule has 1 N–H and O–H groups in total. The molecule has 1 fully saturated rings. The van der Waals surface area contributed by atoms with Crippen molar-refractivity contribution in [2.75, 3.05) is 25.4 Å². The third kappa shape index (κ3) is 5.34. The van der Waals surface area contributed by atoms with Gasteiger partial charge in [-0.3, -0.25) is 0 Å². The maximum absolute atomic E-state index is 12.4. The van der Waals surface area contributed by atoms with Gasteiger partial charge in [-0.25, -0.2) is 12.7 Å². The van der Waals surface area contributed by atoms with E-state index in [-0.39, 0.29) is 0 Å². The molecule has 0 bridgehead atoms. The molecule has 0 radical (unpaired) electrons. The van der Waals surface area contributed by atoms with Crippen molar-refractivity contribution in [2.24, 2.45) is 11.8 Å². The van der Waals surface area contributed by atoms with E-state index in [1.54, 1.807) is 4.31 Å². The summed E-state index contributed by atoms with van der Waals surface area (Å²) in [4.78, 5) is 0. The van der Waals surface area contributed by atoms with Crippen molar-refractivity contribution in [3.8, 4) is 0 Å². The molecule has 0 aromatic rings. The molecule has 1 aliphatic heterocycles. The van der Waals surface area contributed by atoms with Crippen LogP contribution in [0, 0.1) is 11.8 Å². The number of hydrogen-bond donors (Lipinski definition) is 1. The van der Waals surface area contributed by atoms with Crippen molar-refractivity contribution < 1.29 is 8.42 Å². The summed E-state index contributed by atoms with van der Waals surface area (Å²) in [5.74, 6) is 1.19. The van der Waals surface area contributed by atoms with Crippen LogP contribution in [-0.2, 0) is 10.0 Å². The molecule has 0 amide bonds. The number of sulfonamides is 1. The Balaban J connectivity index is 2.58. The zero-order chi connectivity index (χ0) is 15.2. The highest BCUT2D eigenvalue weighted by Gasteiger charge is 2.33. The molecular formula is C15H32N2O2S. The Kier molecular flexibility index (Phi) is 7.48. The molecule has 0 aromatic carbocycles. The van der Waals surface area contributed by atoms with Crippen molar-refractivity contribution in [1.82, 2.24) is 9.62 Å². The lowest BCUT2D eigenvalue weighted by Gasteiger charge is -2.38. The summed E-state index contributed by atoms with van der Waals surface area (Å²) < 4.78 is 26.5. The van der Waals surface area contributed by atoms with Gasteiger partial charge in [-0.1, -0.05) is 34.1 Å². The lowest BCUT2D eigenvalue weighted by atomic mass is 9.91. The SMILES string of the molecule is CCCNC1CCN(S(=O)(=O)CCC(C)C)CC1CC. The van der Waals surface area contributed by atoms with Crippen LogP contribution in [0.2, 0.25) is 0 Å². The van der Waals surface area contributed by atoms with Gasteiger partial charge >= 0.3 is 0 Å². The highest BCUT2D eigenvalue weighted by atomic mass is 32.2. The molecule has 4 nitrogen and oxygen atoms in total. The highest BCUT2D eigenvalue weighted by molar-refractivity contribution is 7.89. The van der Waals surface area contributed by atoms with Gasteiger partial charge < -0.3 is 5.32 Å². The lowest BCUT2D eigenvalue weighted by molar-refractivity contribution is 0.202. The molecule has 2 atom stereocenters. The van der Waals surface area contributed by atoms with Gasteiger partial charge in [0.05, 0.1) is 5.75 Å². The minimum absolute atomic E-state index is 0.300. The van der Waals surface area contributed by atoms with Crippen LogP contribution in [0.15, 0.2) is 0 Å². The Morgan fingerprint density at radius 2 is 2.00 bits per heavy atom. The average Bonchev–Trinajstić information content (AvgIpc) is 2.42. The van der Waals surface area contributed by atoms with E-state index in [0.717, 1.165) is 32.2 Å². The monoisotopic (exact) mass is 304 g/mol. The Hall–Kier alpha value is -0.130. The van der Waals surface area contributed by atoms with E-state index in [1.165, 1.54) is 0 Å². The normalized spacial score (nSPS) is 25.2. The third-order valence-electron chi connectivity index (χ3n) is 4.22. The maximum Gasteiger partial charge on any atom is 0.214 e. The van der Waals surface area contributed by atoms with E-state index in [0.29, 0.717) is 36.7 Å². The molecule has 120 valence electrons. The minimum atomic E-state index is -3.06. The summed E-state index contributed by atoms with van der Waals surface area (Å²) in [6.45, 7) is 10.9. The van der Waals surface area contributed by atoms with E-state index in [1.807, 2.05) is 0 Å². The van der Waals surface area contributed by atoms with Gasteiger partial charge in [0.2, 0.25) is 10.0 Å². The smallest absolute Gasteiger partial charge is 0.214 e. The van der Waals surface area contributed by atoms with E-state index < -0.39 is 10.0 Å². The van der Waals surface area contributed by atoms with Crippen molar-refractivity contribution >= 4 is 10.0 Å². The molecule has 20 heavy (non-hydrogen) atoms. The molecule has 0 saturated carbocycles. The van der Waals surface area contributed by atoms with Crippen molar-refractivity contribution in [3.63, 3.8) is 0 Å². The number of hydrogen-bond acceptors (Lipinski definition) is 3. The summed E-state index contributed by atoms with van der Waals surface area (Å²) in [6, 6.07) is 0.483. The summed E-state index contributed by atoms with van der Waals surface area (Å²) in [7, 11) is -3.06. The Morgan fingerprint density at radius 3 is 2.55 bits per heavy atom. The fraction of sp³-hybridized carbons (Fsp3) is 1.00. The topological polar surface area (TPSA) is 49.4 Å². The Labute approximate surface area is 125 Å². The highest BCUT2D eigenvalue weighted by Crippen LogP contribution is 2.23. The molecule has 1 heterocycles. The van der Waals surface area contributed by atoms with Crippen LogP contribution in [-0.4, -0.2) is 44.2 Å². The molecule has 1 rings (SSSR count). The van der Waals surface area contributed by atoms with Crippen LogP contribution >= 0.6 is 0 Å². The summed E-state index contributed by atoms with van der Waals surface area (Å²) in [5, 5.41) is 3.57. The van der Waals surface area contributed by atoms with Crippen molar-refractivity contribution in [1.29, 1.82) is 0 Å². The number of rotatable bonds is 8. The average molecular weight is 305 g/mol. The summed E-state index contributed by atoms with van der Waals surface area (Å²) >= 11 is 0. The maximum atomic E-state index is 12.4. The van der Waals surface area contributed by atoms with E-state index in [2.05, 4.69) is 33.0 Å². The Morgan fingerprint density at radius 1 is 1.30 bits per heavy atom. The molecule has 5 heteroatoms. The van der Waals surface area contributed by atoms with Crippen LogP contribution in [0.25, 0.3) is 0 Å². The van der Waals surface area contributed by atoms with E-state index in [4.69, 9.17) is 0 Å². The van der Waals surface area contributed by atoms with Gasteiger partial charge in [0.25, 0.3) is 0 Å². The second kappa shape index (κ2) is 8.35. The molecule has 1 saturated heterocycles. The first-order chi connectivity index (χ1) is 9.40. The van der Waals surface area contributed by atoms with Gasteiger partial charge in [-0.15, -0.1) is 0 Å². The van der Waals surface area contributed by atoms with Gasteiger partial charge in [0.15, 0.2) is 0 Å². The summed E-state index contributed by atoms with van der Waals surface area (Å²) in [5.41, 5.74) is 0. The largest absolute Gasteiger partial charge is 0.314 e. The van der Waals surface area contributed by atoms with Crippen LogP contribution in [0.1, 0.15) is 53.4 Å². The third-order valence-corrected chi connectivity index (χ3v) is 6.09. The summed E-state index contributed by atoms with van der Waals surface area (Å²) in [6.07, 6.45) is 3.87. The van der Waals surface area contributed by atoms with Gasteiger partial charge in [-0.2, -0.15) is 0 Å². The van der Waals surface area contributed by atoms with Gasteiger partial charge in [0, 0.05) is 19.1 Å². The zero-order valence-corrected chi connectivity index (χ0v) is 14.4. The molecular weight excluding hydrogens is 272 g/mol. The number of piperidine rings is 1. The lowest BCUT2D eigenvalue weighted by Crippen LogP contribution is -2.51. The molecule has 1 aliphatic rings. The predicted molar refractivity (Wildman–Crippen MR) is 85.3 cm³/mol. The molecule has 0 aliphatic carbocycles. The van der Waals surface area contributed by atoms with Crippen LogP contribution < -0.4 is 5.32 Å². The first-order valence-electron chi connectivity index (χ1n) is 8.11. The van der Waals surface area contributed by atoms with Crippen molar-refractivity contribution in [2.45, 2.75) is 59.4 Å². The molecule has 0 aromatic heterocycles. The second-order valence-corrected chi connectivity index (χ2v) is 8.46. The number of nitrogens with one attached hydrogen (secondary N) is 1. The van der Waals surface area contributed by atoms with Gasteiger partial charge in [-0.05, 0) is 37.6 Å². The minimum Gasteiger partial charge on any atom is -0.314 e. The molecule has 0 spiro atoms.